The molecule has 102 valence electrons. The lowest BCUT2D eigenvalue weighted by Gasteiger charge is -2.07. The van der Waals surface area contributed by atoms with Crippen molar-refractivity contribution in [1.82, 2.24) is 14.5 Å². The summed E-state index contributed by atoms with van der Waals surface area (Å²) < 4.78 is 7.05. The second-order valence-electron chi connectivity index (χ2n) is 4.13. The van der Waals surface area contributed by atoms with Crippen molar-refractivity contribution in [2.45, 2.75) is 19.3 Å². The Kier molecular flexibility index (Phi) is 4.34. The third-order valence-electron chi connectivity index (χ3n) is 2.74. The maximum atomic E-state index is 10.6. The molecule has 1 amide bonds. The van der Waals surface area contributed by atoms with Crippen LogP contribution >= 0.6 is 11.6 Å². The zero-order chi connectivity index (χ0) is 13.8. The van der Waals surface area contributed by atoms with E-state index in [0.29, 0.717) is 19.0 Å². The van der Waals surface area contributed by atoms with Gasteiger partial charge >= 0.3 is 0 Å². The Morgan fingerprint density at radius 3 is 3.05 bits per heavy atom. The van der Waals surface area contributed by atoms with Gasteiger partial charge in [0.2, 0.25) is 5.91 Å². The molecule has 2 rings (SSSR count). The number of alkyl halides is 1. The second-order valence-corrected chi connectivity index (χ2v) is 4.40. The molecule has 0 unspecified atom stereocenters. The fourth-order valence-corrected chi connectivity index (χ4v) is 2.05. The molecule has 2 aromatic heterocycles. The Hall–Kier alpha value is -1.66. The van der Waals surface area contributed by atoms with Gasteiger partial charge in [-0.2, -0.15) is 0 Å². The molecule has 6 nitrogen and oxygen atoms in total. The van der Waals surface area contributed by atoms with Crippen molar-refractivity contribution in [2.75, 3.05) is 13.2 Å². The number of aromatic nitrogens is 3. The van der Waals surface area contributed by atoms with Crippen molar-refractivity contribution >= 4 is 28.7 Å². The molecule has 0 bridgehead atoms. The van der Waals surface area contributed by atoms with Crippen LogP contribution in [0, 0.1) is 6.92 Å². The van der Waals surface area contributed by atoms with Crippen molar-refractivity contribution in [1.29, 1.82) is 0 Å². The highest BCUT2D eigenvalue weighted by Gasteiger charge is 2.12. The van der Waals surface area contributed by atoms with E-state index in [1.54, 1.807) is 6.20 Å². The van der Waals surface area contributed by atoms with E-state index < -0.39 is 5.91 Å². The van der Waals surface area contributed by atoms with Crippen molar-refractivity contribution < 1.29 is 9.53 Å². The number of carbonyl (C=O) groups is 1. The molecule has 7 heteroatoms. The molecule has 0 saturated heterocycles. The highest BCUT2D eigenvalue weighted by Crippen LogP contribution is 2.18. The number of imidazole rings is 1. The first-order valence-corrected chi connectivity index (χ1v) is 6.39. The Morgan fingerprint density at radius 1 is 1.58 bits per heavy atom. The number of nitrogens with two attached hydrogens (primary N) is 1. The molecular formula is C12H15ClN4O2. The van der Waals surface area contributed by atoms with E-state index in [1.165, 1.54) is 0 Å². The van der Waals surface area contributed by atoms with E-state index in [9.17, 15) is 4.79 Å². The second kappa shape index (κ2) is 5.99. The minimum Gasteiger partial charge on any atom is -0.370 e. The molecule has 0 aliphatic heterocycles. The van der Waals surface area contributed by atoms with Crippen LogP contribution in [-0.4, -0.2) is 33.7 Å². The topological polar surface area (TPSA) is 83.0 Å². The third-order valence-corrected chi connectivity index (χ3v) is 2.98. The van der Waals surface area contributed by atoms with E-state index in [1.807, 2.05) is 17.6 Å². The predicted molar refractivity (Wildman–Crippen MR) is 71.8 cm³/mol. The van der Waals surface area contributed by atoms with Gasteiger partial charge in [-0.3, -0.25) is 4.79 Å². The molecular weight excluding hydrogens is 268 g/mol. The van der Waals surface area contributed by atoms with Crippen LogP contribution in [0.4, 0.5) is 0 Å². The van der Waals surface area contributed by atoms with Crippen molar-refractivity contribution in [3.63, 3.8) is 0 Å². The number of aryl methyl sites for hydroxylation is 1. The van der Waals surface area contributed by atoms with Gasteiger partial charge in [-0.25, -0.2) is 9.97 Å². The lowest BCUT2D eigenvalue weighted by Crippen LogP contribution is -2.20. The Morgan fingerprint density at radius 2 is 2.37 bits per heavy atom. The van der Waals surface area contributed by atoms with Crippen molar-refractivity contribution in [2.24, 2.45) is 5.73 Å². The average Bonchev–Trinajstić information content (AvgIpc) is 2.74. The molecule has 0 fully saturated rings. The lowest BCUT2D eigenvalue weighted by molar-refractivity contribution is -0.122. The molecule has 2 N–H and O–H groups in total. The molecule has 0 saturated carbocycles. The van der Waals surface area contributed by atoms with Gasteiger partial charge in [0.1, 0.15) is 17.9 Å². The zero-order valence-corrected chi connectivity index (χ0v) is 11.4. The summed E-state index contributed by atoms with van der Waals surface area (Å²) in [4.78, 5) is 19.4. The molecule has 0 spiro atoms. The molecule has 2 heterocycles. The van der Waals surface area contributed by atoms with Crippen molar-refractivity contribution in [3.05, 3.63) is 23.7 Å². The first-order valence-electron chi connectivity index (χ1n) is 5.86. The monoisotopic (exact) mass is 282 g/mol. The highest BCUT2D eigenvalue weighted by molar-refractivity contribution is 6.16. The highest BCUT2D eigenvalue weighted by atomic mass is 35.5. The van der Waals surface area contributed by atoms with Gasteiger partial charge in [-0.15, -0.1) is 11.6 Å². The molecule has 0 aliphatic rings. The standard InChI is InChI=1S/C12H15ClN4O2/c1-8-2-3-15-12-11(8)16-10(6-13)17(12)4-5-19-7-9(14)18/h2-3H,4-7H2,1H3,(H2,14,18). The van der Waals surface area contributed by atoms with Gasteiger partial charge in [-0.05, 0) is 18.6 Å². The minimum absolute atomic E-state index is 0.0880. The van der Waals surface area contributed by atoms with Gasteiger partial charge in [0, 0.05) is 12.7 Å². The summed E-state index contributed by atoms with van der Waals surface area (Å²) in [5.41, 5.74) is 7.67. The van der Waals surface area contributed by atoms with Gasteiger partial charge in [0.05, 0.1) is 12.5 Å². The summed E-state index contributed by atoms with van der Waals surface area (Å²) in [6.07, 6.45) is 1.73. The number of carbonyl (C=O) groups excluding carboxylic acids is 1. The first kappa shape index (κ1) is 13.8. The summed E-state index contributed by atoms with van der Waals surface area (Å²) >= 11 is 5.89. The smallest absolute Gasteiger partial charge is 0.243 e. The van der Waals surface area contributed by atoms with Crippen molar-refractivity contribution in [3.8, 4) is 0 Å². The molecule has 0 atom stereocenters. The van der Waals surface area contributed by atoms with Gasteiger partial charge in [0.15, 0.2) is 5.65 Å². The number of fused-ring (bicyclic) bond motifs is 1. The fourth-order valence-electron chi connectivity index (χ4n) is 1.85. The largest absolute Gasteiger partial charge is 0.370 e. The normalized spacial score (nSPS) is 11.1. The van der Waals surface area contributed by atoms with Crippen LogP contribution in [0.15, 0.2) is 12.3 Å². The number of hydrogen-bond donors (Lipinski definition) is 1. The number of halogens is 1. The summed E-state index contributed by atoms with van der Waals surface area (Å²) in [6, 6.07) is 1.90. The minimum atomic E-state index is -0.484. The van der Waals surface area contributed by atoms with Crippen LogP contribution < -0.4 is 5.73 Å². The SMILES string of the molecule is Cc1ccnc2c1nc(CCl)n2CCOCC(N)=O. The Balaban J connectivity index is 2.21. The first-order chi connectivity index (χ1) is 9.13. The van der Waals surface area contributed by atoms with Gasteiger partial charge < -0.3 is 15.0 Å². The quantitative estimate of drug-likeness (QED) is 0.632. The van der Waals surface area contributed by atoms with E-state index in [0.717, 1.165) is 22.6 Å². The maximum Gasteiger partial charge on any atom is 0.243 e. The Bertz CT molecular complexity index is 597. The van der Waals surface area contributed by atoms with Crippen LogP contribution in [0.25, 0.3) is 11.2 Å². The molecule has 0 aliphatic carbocycles. The lowest BCUT2D eigenvalue weighted by atomic mass is 10.3. The van der Waals surface area contributed by atoms with Crippen LogP contribution in [-0.2, 0) is 22.0 Å². The van der Waals surface area contributed by atoms with Crippen LogP contribution in [0.5, 0.6) is 0 Å². The molecule has 0 radical (unpaired) electrons. The fraction of sp³-hybridized carbons (Fsp3) is 0.417. The Labute approximate surface area is 115 Å². The van der Waals surface area contributed by atoms with E-state index in [4.69, 9.17) is 22.1 Å². The average molecular weight is 283 g/mol. The molecule has 19 heavy (non-hydrogen) atoms. The number of rotatable bonds is 6. The van der Waals surface area contributed by atoms with Crippen LogP contribution in [0.2, 0.25) is 0 Å². The number of hydrogen-bond acceptors (Lipinski definition) is 4. The predicted octanol–water partition coefficient (Wildman–Crippen LogP) is 0.980. The van der Waals surface area contributed by atoms with E-state index in [2.05, 4.69) is 9.97 Å². The van der Waals surface area contributed by atoms with E-state index >= 15 is 0 Å². The van der Waals surface area contributed by atoms with Crippen LogP contribution in [0.3, 0.4) is 0 Å². The van der Waals surface area contributed by atoms with Gasteiger partial charge in [-0.1, -0.05) is 0 Å². The molecule has 2 aromatic rings. The van der Waals surface area contributed by atoms with Crippen LogP contribution in [0.1, 0.15) is 11.4 Å². The number of primary amides is 1. The number of nitrogens with zero attached hydrogens (tertiary/aromatic N) is 3. The summed E-state index contributed by atoms with van der Waals surface area (Å²) in [6.45, 7) is 2.77. The summed E-state index contributed by atoms with van der Waals surface area (Å²) in [7, 11) is 0. The summed E-state index contributed by atoms with van der Waals surface area (Å²) in [5.74, 6) is 0.550. The third kappa shape index (κ3) is 3.02. The number of pyridine rings is 1. The summed E-state index contributed by atoms with van der Waals surface area (Å²) in [5, 5.41) is 0. The number of ether oxygens (including phenoxy) is 1. The number of amides is 1. The maximum absolute atomic E-state index is 10.6. The van der Waals surface area contributed by atoms with E-state index in [-0.39, 0.29) is 6.61 Å². The molecule has 0 aromatic carbocycles. The van der Waals surface area contributed by atoms with Gasteiger partial charge in [0.25, 0.3) is 0 Å². The zero-order valence-electron chi connectivity index (χ0n) is 10.6.